The highest BCUT2D eigenvalue weighted by Crippen LogP contribution is 2.33. The van der Waals surface area contributed by atoms with Gasteiger partial charge in [-0.2, -0.15) is 0 Å². The quantitative estimate of drug-likeness (QED) is 0.331. The molecule has 0 unspecified atom stereocenters. The minimum Gasteiger partial charge on any atom is -0.496 e. The average molecular weight is 412 g/mol. The fourth-order valence-corrected chi connectivity index (χ4v) is 4.14. The number of aromatic nitrogens is 1. The monoisotopic (exact) mass is 411 g/mol. The summed E-state index contributed by atoms with van der Waals surface area (Å²) in [5.74, 6) is 1.66. The number of ether oxygens (including phenoxy) is 2. The Labute approximate surface area is 184 Å². The molecule has 0 aliphatic rings. The summed E-state index contributed by atoms with van der Waals surface area (Å²) in [5, 5.41) is 2.37. The summed E-state index contributed by atoms with van der Waals surface area (Å²) in [6.45, 7) is 6.82. The van der Waals surface area contributed by atoms with E-state index in [1.807, 2.05) is 25.1 Å². The van der Waals surface area contributed by atoms with E-state index in [2.05, 4.69) is 62.4 Å². The zero-order valence-corrected chi connectivity index (χ0v) is 18.7. The minimum atomic E-state index is 0.413. The van der Waals surface area contributed by atoms with Crippen LogP contribution in [0.1, 0.15) is 36.2 Å². The van der Waals surface area contributed by atoms with E-state index in [1.54, 1.807) is 7.11 Å². The highest BCUT2D eigenvalue weighted by molar-refractivity contribution is 5.83. The van der Waals surface area contributed by atoms with Crippen LogP contribution >= 0.6 is 0 Å². The number of rotatable bonds is 7. The lowest BCUT2D eigenvalue weighted by Gasteiger charge is -2.17. The van der Waals surface area contributed by atoms with E-state index in [9.17, 15) is 0 Å². The number of pyridine rings is 1. The average Bonchev–Trinajstić information content (AvgIpc) is 2.82. The second-order valence-corrected chi connectivity index (χ2v) is 7.73. The number of hydrogen-bond acceptors (Lipinski definition) is 3. The molecule has 3 heteroatoms. The Morgan fingerprint density at radius 3 is 2.19 bits per heavy atom. The van der Waals surface area contributed by atoms with E-state index in [-0.39, 0.29) is 0 Å². The molecular weight excluding hydrogens is 382 g/mol. The van der Waals surface area contributed by atoms with Gasteiger partial charge in [0.15, 0.2) is 0 Å². The fraction of sp³-hybridized carbons (Fsp3) is 0.250. The van der Waals surface area contributed by atoms with Crippen LogP contribution in [-0.2, 0) is 19.4 Å². The van der Waals surface area contributed by atoms with E-state index in [4.69, 9.17) is 14.5 Å². The molecule has 4 rings (SSSR count). The summed E-state index contributed by atoms with van der Waals surface area (Å²) in [4.78, 5) is 4.97. The predicted octanol–water partition coefficient (Wildman–Crippen LogP) is 6.92. The maximum atomic E-state index is 6.14. The Morgan fingerprint density at radius 2 is 1.52 bits per heavy atom. The van der Waals surface area contributed by atoms with Crippen LogP contribution in [0.5, 0.6) is 11.5 Å². The number of benzene rings is 3. The van der Waals surface area contributed by atoms with Crippen molar-refractivity contribution >= 4 is 10.8 Å². The van der Waals surface area contributed by atoms with Gasteiger partial charge in [0.05, 0.1) is 18.4 Å². The number of hydrogen-bond donors (Lipinski definition) is 0. The van der Waals surface area contributed by atoms with Crippen LogP contribution < -0.4 is 9.47 Å². The van der Waals surface area contributed by atoms with Crippen molar-refractivity contribution in [1.82, 2.24) is 4.98 Å². The van der Waals surface area contributed by atoms with E-state index in [1.165, 1.54) is 27.5 Å². The molecule has 0 amide bonds. The molecule has 0 bridgehead atoms. The second-order valence-electron chi connectivity index (χ2n) is 7.73. The van der Waals surface area contributed by atoms with Gasteiger partial charge in [0, 0.05) is 17.3 Å². The molecule has 1 aromatic heterocycles. The summed E-state index contributed by atoms with van der Waals surface area (Å²) in [6.07, 6.45) is 1.94. The largest absolute Gasteiger partial charge is 0.496 e. The van der Waals surface area contributed by atoms with Crippen LogP contribution in [0.2, 0.25) is 0 Å². The maximum Gasteiger partial charge on any atom is 0.129 e. The van der Waals surface area contributed by atoms with Crippen molar-refractivity contribution in [2.75, 3.05) is 7.11 Å². The number of nitrogens with zero attached hydrogens (tertiary/aromatic N) is 1. The van der Waals surface area contributed by atoms with Crippen molar-refractivity contribution in [2.45, 2.75) is 40.2 Å². The van der Waals surface area contributed by atoms with Crippen LogP contribution in [0.25, 0.3) is 22.0 Å². The lowest BCUT2D eigenvalue weighted by atomic mass is 9.94. The number of aryl methyl sites for hydroxylation is 3. The molecule has 31 heavy (non-hydrogen) atoms. The van der Waals surface area contributed by atoms with Gasteiger partial charge in [-0.25, -0.2) is 0 Å². The van der Waals surface area contributed by atoms with E-state index >= 15 is 0 Å². The van der Waals surface area contributed by atoms with Crippen molar-refractivity contribution in [3.8, 4) is 22.8 Å². The first-order valence-corrected chi connectivity index (χ1v) is 10.9. The Hall–Kier alpha value is -3.33. The zero-order chi connectivity index (χ0) is 21.8. The molecule has 0 radical (unpaired) electrons. The summed E-state index contributed by atoms with van der Waals surface area (Å²) in [7, 11) is 1.71. The summed E-state index contributed by atoms with van der Waals surface area (Å²) in [5.41, 5.74) is 6.74. The standard InChI is InChI=1S/C28H29NO2/c1-5-20-12-9-13-21(6-2)28(20)26-17-27(30-4)25(19(3)29-26)18-31-24-15-14-22-10-7-8-11-23(22)16-24/h7-17H,5-6,18H2,1-4H3. The van der Waals surface area contributed by atoms with Crippen molar-refractivity contribution in [2.24, 2.45) is 0 Å². The van der Waals surface area contributed by atoms with E-state index < -0.39 is 0 Å². The molecule has 3 aromatic carbocycles. The first kappa shape index (κ1) is 20.9. The summed E-state index contributed by atoms with van der Waals surface area (Å²) < 4.78 is 11.9. The van der Waals surface area contributed by atoms with Gasteiger partial charge < -0.3 is 9.47 Å². The molecule has 0 aliphatic carbocycles. The van der Waals surface area contributed by atoms with E-state index in [0.29, 0.717) is 6.61 Å². The first-order valence-electron chi connectivity index (χ1n) is 10.9. The molecule has 3 nitrogen and oxygen atoms in total. The Balaban J connectivity index is 1.67. The molecule has 0 saturated carbocycles. The van der Waals surface area contributed by atoms with Crippen molar-refractivity contribution in [1.29, 1.82) is 0 Å². The zero-order valence-electron chi connectivity index (χ0n) is 18.7. The molecule has 1 heterocycles. The Morgan fingerprint density at radius 1 is 0.806 bits per heavy atom. The Bertz CT molecular complexity index is 1190. The molecule has 0 fully saturated rings. The third-order valence-corrected chi connectivity index (χ3v) is 5.87. The number of fused-ring (bicyclic) bond motifs is 1. The topological polar surface area (TPSA) is 31.4 Å². The van der Waals surface area contributed by atoms with Gasteiger partial charge in [-0.3, -0.25) is 4.98 Å². The molecule has 4 aromatic rings. The fourth-order valence-electron chi connectivity index (χ4n) is 4.14. The lowest BCUT2D eigenvalue weighted by molar-refractivity contribution is 0.295. The molecule has 0 N–H and O–H groups in total. The van der Waals surface area contributed by atoms with Crippen molar-refractivity contribution in [3.63, 3.8) is 0 Å². The van der Waals surface area contributed by atoms with Gasteiger partial charge in [0.25, 0.3) is 0 Å². The van der Waals surface area contributed by atoms with Crippen LogP contribution in [0.4, 0.5) is 0 Å². The van der Waals surface area contributed by atoms with Gasteiger partial charge in [0.1, 0.15) is 18.1 Å². The van der Waals surface area contributed by atoms with Crippen LogP contribution in [0, 0.1) is 6.92 Å². The van der Waals surface area contributed by atoms with Gasteiger partial charge in [0.2, 0.25) is 0 Å². The highest BCUT2D eigenvalue weighted by atomic mass is 16.5. The molecule has 158 valence electrons. The second kappa shape index (κ2) is 9.22. The van der Waals surface area contributed by atoms with Gasteiger partial charge >= 0.3 is 0 Å². The molecular formula is C28H29NO2. The van der Waals surface area contributed by atoms with Crippen molar-refractivity contribution in [3.05, 3.63) is 89.1 Å². The maximum absolute atomic E-state index is 6.14. The van der Waals surface area contributed by atoms with Gasteiger partial charge in [-0.05, 0) is 53.8 Å². The van der Waals surface area contributed by atoms with Crippen LogP contribution in [0.3, 0.4) is 0 Å². The first-order chi connectivity index (χ1) is 15.1. The van der Waals surface area contributed by atoms with Crippen LogP contribution in [0.15, 0.2) is 66.7 Å². The smallest absolute Gasteiger partial charge is 0.129 e. The Kier molecular flexibility index (Phi) is 6.22. The molecule has 0 saturated heterocycles. The third kappa shape index (κ3) is 4.27. The normalized spacial score (nSPS) is 11.0. The number of methoxy groups -OCH3 is 1. The summed E-state index contributed by atoms with van der Waals surface area (Å²) in [6, 6.07) is 23.0. The van der Waals surface area contributed by atoms with Crippen molar-refractivity contribution < 1.29 is 9.47 Å². The SMILES string of the molecule is CCc1cccc(CC)c1-c1cc(OC)c(COc2ccc3ccccc3c2)c(C)n1. The minimum absolute atomic E-state index is 0.413. The molecule has 0 aliphatic heterocycles. The highest BCUT2D eigenvalue weighted by Gasteiger charge is 2.16. The predicted molar refractivity (Wildman–Crippen MR) is 128 cm³/mol. The molecule has 0 spiro atoms. The lowest BCUT2D eigenvalue weighted by Crippen LogP contribution is -2.05. The van der Waals surface area contributed by atoms with Gasteiger partial charge in [-0.1, -0.05) is 62.4 Å². The summed E-state index contributed by atoms with van der Waals surface area (Å²) >= 11 is 0. The van der Waals surface area contributed by atoms with Gasteiger partial charge in [-0.15, -0.1) is 0 Å². The third-order valence-electron chi connectivity index (χ3n) is 5.87. The van der Waals surface area contributed by atoms with E-state index in [0.717, 1.165) is 41.3 Å². The molecule has 0 atom stereocenters. The van der Waals surface area contributed by atoms with Crippen LogP contribution in [-0.4, -0.2) is 12.1 Å².